The van der Waals surface area contributed by atoms with Gasteiger partial charge < -0.3 is 13.9 Å². The van der Waals surface area contributed by atoms with Crippen LogP contribution in [-0.2, 0) is 0 Å². The Morgan fingerprint density at radius 3 is 2.53 bits per heavy atom. The van der Waals surface area contributed by atoms with Gasteiger partial charge in [0, 0.05) is 6.07 Å². The standard InChI is InChI=1S/C15H8O4/c16-8-5-6-10-12(7-8)19-15-13(17)9-3-1-2-4-11(9)18-14(10)15/h1-7,17H. The molecular weight excluding hydrogens is 244 g/mol. The SMILES string of the molecule is O=c1ccc2c(c1)oc1c(O)c3ccccc3oc12. The van der Waals surface area contributed by atoms with Crippen molar-refractivity contribution in [3.8, 4) is 5.75 Å². The molecule has 0 aliphatic heterocycles. The topological polar surface area (TPSA) is 63.6 Å². The average Bonchev–Trinajstić information content (AvgIpc) is 2.77. The third-order valence-electron chi connectivity index (χ3n) is 3.19. The summed E-state index contributed by atoms with van der Waals surface area (Å²) in [6.07, 6.45) is 0. The van der Waals surface area contributed by atoms with Crippen molar-refractivity contribution < 1.29 is 13.9 Å². The fourth-order valence-electron chi connectivity index (χ4n) is 2.29. The molecule has 4 nitrogen and oxygen atoms in total. The zero-order chi connectivity index (χ0) is 13.0. The molecule has 0 aliphatic rings. The predicted octanol–water partition coefficient (Wildman–Crippen LogP) is 3.40. The lowest BCUT2D eigenvalue weighted by Gasteiger charge is -2.00. The lowest BCUT2D eigenvalue weighted by Crippen LogP contribution is -1.92. The molecular formula is C15H8O4. The molecule has 92 valence electrons. The normalized spacial score (nSPS) is 11.6. The van der Waals surface area contributed by atoms with E-state index in [4.69, 9.17) is 8.83 Å². The summed E-state index contributed by atoms with van der Waals surface area (Å²) in [6.45, 7) is 0. The van der Waals surface area contributed by atoms with E-state index in [1.54, 1.807) is 18.2 Å². The third kappa shape index (κ3) is 1.31. The molecule has 0 saturated carbocycles. The first-order chi connectivity index (χ1) is 9.24. The predicted molar refractivity (Wildman–Crippen MR) is 71.4 cm³/mol. The molecule has 2 heterocycles. The van der Waals surface area contributed by atoms with Crippen LogP contribution in [0, 0.1) is 0 Å². The Morgan fingerprint density at radius 1 is 0.842 bits per heavy atom. The molecule has 0 saturated heterocycles. The minimum Gasteiger partial charge on any atom is -0.504 e. The third-order valence-corrected chi connectivity index (χ3v) is 3.19. The van der Waals surface area contributed by atoms with E-state index in [2.05, 4.69) is 0 Å². The number of hydrogen-bond donors (Lipinski definition) is 1. The minimum absolute atomic E-state index is 0.0282. The van der Waals surface area contributed by atoms with Crippen molar-refractivity contribution in [2.45, 2.75) is 0 Å². The van der Waals surface area contributed by atoms with E-state index in [9.17, 15) is 9.90 Å². The van der Waals surface area contributed by atoms with E-state index in [-0.39, 0.29) is 16.8 Å². The molecule has 0 spiro atoms. The maximum absolute atomic E-state index is 11.3. The summed E-state index contributed by atoms with van der Waals surface area (Å²) in [5, 5.41) is 11.5. The maximum Gasteiger partial charge on any atom is 0.213 e. The van der Waals surface area contributed by atoms with E-state index in [1.807, 2.05) is 12.1 Å². The smallest absolute Gasteiger partial charge is 0.213 e. The molecule has 4 rings (SSSR count). The Hall–Kier alpha value is -2.75. The Bertz CT molecular complexity index is 991. The lowest BCUT2D eigenvalue weighted by molar-refractivity contribution is 0.470. The highest BCUT2D eigenvalue weighted by Gasteiger charge is 2.16. The van der Waals surface area contributed by atoms with Crippen LogP contribution in [0.15, 0.2) is 56.1 Å². The van der Waals surface area contributed by atoms with Crippen LogP contribution in [0.3, 0.4) is 0 Å². The number of benzene rings is 2. The van der Waals surface area contributed by atoms with Crippen LogP contribution in [0.2, 0.25) is 0 Å². The van der Waals surface area contributed by atoms with Gasteiger partial charge in [0.15, 0.2) is 16.8 Å². The monoisotopic (exact) mass is 252 g/mol. The molecule has 4 heteroatoms. The number of fused-ring (bicyclic) bond motifs is 4. The summed E-state index contributed by atoms with van der Waals surface area (Å²) in [4.78, 5) is 11.3. The average molecular weight is 252 g/mol. The van der Waals surface area contributed by atoms with Crippen LogP contribution in [0.25, 0.3) is 33.1 Å². The first kappa shape index (κ1) is 10.2. The molecule has 0 amide bonds. The Morgan fingerprint density at radius 2 is 1.63 bits per heavy atom. The molecule has 0 radical (unpaired) electrons. The Kier molecular flexibility index (Phi) is 1.82. The van der Waals surface area contributed by atoms with Gasteiger partial charge in [0.25, 0.3) is 0 Å². The quantitative estimate of drug-likeness (QED) is 0.521. The van der Waals surface area contributed by atoms with Crippen LogP contribution >= 0.6 is 0 Å². The zero-order valence-corrected chi connectivity index (χ0v) is 9.71. The van der Waals surface area contributed by atoms with E-state index >= 15 is 0 Å². The Labute approximate surface area is 106 Å². The van der Waals surface area contributed by atoms with E-state index in [1.165, 1.54) is 12.1 Å². The van der Waals surface area contributed by atoms with Gasteiger partial charge in [-0.15, -0.1) is 0 Å². The summed E-state index contributed by atoms with van der Waals surface area (Å²) in [5.74, 6) is 0.0282. The fraction of sp³-hybridized carbons (Fsp3) is 0. The van der Waals surface area contributed by atoms with Crippen molar-refractivity contribution >= 4 is 33.1 Å². The van der Waals surface area contributed by atoms with Gasteiger partial charge in [-0.3, -0.25) is 4.79 Å². The number of hydrogen-bond acceptors (Lipinski definition) is 4. The van der Waals surface area contributed by atoms with Gasteiger partial charge in [-0.1, -0.05) is 12.1 Å². The van der Waals surface area contributed by atoms with Crippen LogP contribution in [0.5, 0.6) is 5.75 Å². The summed E-state index contributed by atoms with van der Waals surface area (Å²) in [7, 11) is 0. The number of para-hydroxylation sites is 1. The summed E-state index contributed by atoms with van der Waals surface area (Å²) < 4.78 is 11.3. The van der Waals surface area contributed by atoms with Crippen LogP contribution in [0.1, 0.15) is 0 Å². The molecule has 0 aliphatic carbocycles. The van der Waals surface area contributed by atoms with Gasteiger partial charge in [-0.25, -0.2) is 0 Å². The Balaban J connectivity index is 2.32. The van der Waals surface area contributed by atoms with Gasteiger partial charge in [-0.2, -0.15) is 0 Å². The number of aromatic hydroxyl groups is 1. The van der Waals surface area contributed by atoms with Crippen molar-refractivity contribution in [3.05, 3.63) is 52.7 Å². The largest absolute Gasteiger partial charge is 0.504 e. The van der Waals surface area contributed by atoms with Crippen LogP contribution < -0.4 is 5.43 Å². The van der Waals surface area contributed by atoms with Gasteiger partial charge >= 0.3 is 0 Å². The zero-order valence-electron chi connectivity index (χ0n) is 9.71. The van der Waals surface area contributed by atoms with Gasteiger partial charge in [0.1, 0.15) is 11.2 Å². The summed E-state index contributed by atoms with van der Waals surface area (Å²) in [6, 6.07) is 11.6. The highest BCUT2D eigenvalue weighted by Crippen LogP contribution is 2.38. The van der Waals surface area contributed by atoms with E-state index in [0.717, 1.165) is 0 Å². The first-order valence-corrected chi connectivity index (χ1v) is 5.81. The van der Waals surface area contributed by atoms with Crippen molar-refractivity contribution in [1.29, 1.82) is 0 Å². The molecule has 2 aromatic carbocycles. The van der Waals surface area contributed by atoms with Crippen LogP contribution in [0.4, 0.5) is 0 Å². The second-order valence-electron chi connectivity index (χ2n) is 4.37. The highest BCUT2D eigenvalue weighted by atomic mass is 16.4. The van der Waals surface area contributed by atoms with Gasteiger partial charge in [0.2, 0.25) is 5.58 Å². The number of furan rings is 1. The molecule has 1 N–H and O–H groups in total. The molecule has 0 bridgehead atoms. The van der Waals surface area contributed by atoms with Crippen molar-refractivity contribution in [3.63, 3.8) is 0 Å². The molecule has 4 aromatic rings. The molecule has 0 atom stereocenters. The van der Waals surface area contributed by atoms with E-state index in [0.29, 0.717) is 27.5 Å². The summed E-state index contributed by atoms with van der Waals surface area (Å²) in [5.41, 5.74) is 1.55. The molecule has 0 fully saturated rings. The van der Waals surface area contributed by atoms with Crippen molar-refractivity contribution in [2.24, 2.45) is 0 Å². The fourth-order valence-corrected chi connectivity index (χ4v) is 2.29. The highest BCUT2D eigenvalue weighted by molar-refractivity contribution is 6.07. The van der Waals surface area contributed by atoms with Gasteiger partial charge in [0.05, 0.1) is 10.8 Å². The first-order valence-electron chi connectivity index (χ1n) is 5.81. The second kappa shape index (κ2) is 3.38. The number of rotatable bonds is 0. The molecule has 2 aromatic heterocycles. The second-order valence-corrected chi connectivity index (χ2v) is 4.37. The lowest BCUT2D eigenvalue weighted by atomic mass is 10.2. The van der Waals surface area contributed by atoms with Crippen molar-refractivity contribution in [2.75, 3.05) is 0 Å². The molecule has 19 heavy (non-hydrogen) atoms. The van der Waals surface area contributed by atoms with Gasteiger partial charge in [-0.05, 0) is 24.3 Å². The van der Waals surface area contributed by atoms with E-state index < -0.39 is 0 Å². The minimum atomic E-state index is -0.143. The maximum atomic E-state index is 11.3. The van der Waals surface area contributed by atoms with Crippen LogP contribution in [-0.4, -0.2) is 5.11 Å². The summed E-state index contributed by atoms with van der Waals surface area (Å²) >= 11 is 0. The molecule has 0 unspecified atom stereocenters. The van der Waals surface area contributed by atoms with Crippen molar-refractivity contribution in [1.82, 2.24) is 0 Å².